The minimum Gasteiger partial charge on any atom is -0.327 e. The number of nitrogens with zero attached hydrogens (tertiary/aromatic N) is 2. The summed E-state index contributed by atoms with van der Waals surface area (Å²) in [7, 11) is 2.04. The van der Waals surface area contributed by atoms with Crippen LogP contribution in [0.4, 0.5) is 0 Å². The highest BCUT2D eigenvalue weighted by molar-refractivity contribution is 5.87. The summed E-state index contributed by atoms with van der Waals surface area (Å²) in [5.41, 5.74) is 8.82. The van der Waals surface area contributed by atoms with Gasteiger partial charge in [0.2, 0.25) is 0 Å². The molecule has 3 heteroatoms. The molecular formula is C15H23N3. The van der Waals surface area contributed by atoms with Crippen LogP contribution in [0.1, 0.15) is 38.3 Å². The SMILES string of the molecule is CCCC(N)C1C(C)=NN(C)C1c1ccccc1. The molecule has 0 radical (unpaired) electrons. The van der Waals surface area contributed by atoms with Crippen molar-refractivity contribution in [1.82, 2.24) is 5.01 Å². The molecule has 0 saturated carbocycles. The van der Waals surface area contributed by atoms with Crippen molar-refractivity contribution in [3.63, 3.8) is 0 Å². The lowest BCUT2D eigenvalue weighted by molar-refractivity contribution is 0.230. The minimum atomic E-state index is 0.189. The third-order valence-electron chi connectivity index (χ3n) is 3.76. The molecule has 98 valence electrons. The number of hydrogen-bond donors (Lipinski definition) is 1. The summed E-state index contributed by atoms with van der Waals surface area (Å²) in [4.78, 5) is 0. The molecule has 18 heavy (non-hydrogen) atoms. The molecule has 2 N–H and O–H groups in total. The topological polar surface area (TPSA) is 41.6 Å². The van der Waals surface area contributed by atoms with Crippen molar-refractivity contribution in [2.75, 3.05) is 7.05 Å². The fourth-order valence-corrected chi connectivity index (χ4v) is 2.97. The van der Waals surface area contributed by atoms with Gasteiger partial charge in [-0.1, -0.05) is 43.7 Å². The Morgan fingerprint density at radius 3 is 2.61 bits per heavy atom. The number of nitrogens with two attached hydrogens (primary N) is 1. The van der Waals surface area contributed by atoms with E-state index in [1.54, 1.807) is 0 Å². The average Bonchev–Trinajstić information content (AvgIpc) is 2.65. The largest absolute Gasteiger partial charge is 0.327 e. The molecule has 0 fully saturated rings. The van der Waals surface area contributed by atoms with E-state index in [1.165, 1.54) is 5.56 Å². The summed E-state index contributed by atoms with van der Waals surface area (Å²) in [5.74, 6) is 0.331. The van der Waals surface area contributed by atoms with Gasteiger partial charge >= 0.3 is 0 Å². The molecule has 1 aliphatic heterocycles. The lowest BCUT2D eigenvalue weighted by atomic mass is 9.83. The van der Waals surface area contributed by atoms with Crippen LogP contribution in [0, 0.1) is 5.92 Å². The molecule has 0 aliphatic carbocycles. The molecule has 1 aliphatic rings. The van der Waals surface area contributed by atoms with Gasteiger partial charge in [0.05, 0.1) is 6.04 Å². The van der Waals surface area contributed by atoms with Crippen molar-refractivity contribution < 1.29 is 0 Å². The van der Waals surface area contributed by atoms with Crippen molar-refractivity contribution in [2.45, 2.75) is 38.8 Å². The van der Waals surface area contributed by atoms with Gasteiger partial charge in [0.15, 0.2) is 0 Å². The second-order valence-corrected chi connectivity index (χ2v) is 5.15. The Kier molecular flexibility index (Phi) is 4.02. The van der Waals surface area contributed by atoms with E-state index in [-0.39, 0.29) is 12.1 Å². The van der Waals surface area contributed by atoms with Gasteiger partial charge in [-0.25, -0.2) is 0 Å². The monoisotopic (exact) mass is 245 g/mol. The molecule has 0 spiro atoms. The summed E-state index contributed by atoms with van der Waals surface area (Å²) >= 11 is 0. The van der Waals surface area contributed by atoms with E-state index in [2.05, 4.69) is 48.2 Å². The van der Waals surface area contributed by atoms with Crippen LogP contribution in [0.25, 0.3) is 0 Å². The highest BCUT2D eigenvalue weighted by atomic mass is 15.5. The summed E-state index contributed by atoms with van der Waals surface area (Å²) in [6.07, 6.45) is 2.17. The molecular weight excluding hydrogens is 222 g/mol. The first kappa shape index (κ1) is 13.1. The first-order chi connectivity index (χ1) is 8.65. The molecule has 0 aromatic heterocycles. The Labute approximate surface area is 110 Å². The van der Waals surface area contributed by atoms with Gasteiger partial charge in [0.1, 0.15) is 0 Å². The maximum atomic E-state index is 6.36. The standard InChI is InChI=1S/C15H23N3/c1-4-8-13(16)14-11(2)17-18(3)15(14)12-9-6-5-7-10-12/h5-7,9-10,13-15H,4,8,16H2,1-3H3. The number of benzene rings is 1. The van der Waals surface area contributed by atoms with E-state index >= 15 is 0 Å². The second kappa shape index (κ2) is 5.53. The van der Waals surface area contributed by atoms with Gasteiger partial charge in [-0.3, -0.25) is 5.01 Å². The van der Waals surface area contributed by atoms with Crippen molar-refractivity contribution in [2.24, 2.45) is 16.8 Å². The second-order valence-electron chi connectivity index (χ2n) is 5.15. The quantitative estimate of drug-likeness (QED) is 0.886. The highest BCUT2D eigenvalue weighted by Crippen LogP contribution is 2.36. The number of hydrazone groups is 1. The first-order valence-corrected chi connectivity index (χ1v) is 6.73. The zero-order chi connectivity index (χ0) is 13.1. The van der Waals surface area contributed by atoms with Crippen LogP contribution >= 0.6 is 0 Å². The van der Waals surface area contributed by atoms with Crippen molar-refractivity contribution in [3.05, 3.63) is 35.9 Å². The average molecular weight is 245 g/mol. The summed E-state index contributed by atoms with van der Waals surface area (Å²) in [6.45, 7) is 4.28. The van der Waals surface area contributed by atoms with E-state index in [0.29, 0.717) is 5.92 Å². The van der Waals surface area contributed by atoms with Crippen LogP contribution in [-0.2, 0) is 0 Å². The third-order valence-corrected chi connectivity index (χ3v) is 3.76. The van der Waals surface area contributed by atoms with Gasteiger partial charge in [-0.2, -0.15) is 5.10 Å². The molecule has 3 nitrogen and oxygen atoms in total. The smallest absolute Gasteiger partial charge is 0.0812 e. The molecule has 3 atom stereocenters. The summed E-state index contributed by atoms with van der Waals surface area (Å²) in [5, 5.41) is 6.66. The van der Waals surface area contributed by atoms with E-state index in [0.717, 1.165) is 18.6 Å². The zero-order valence-corrected chi connectivity index (χ0v) is 11.5. The van der Waals surface area contributed by atoms with Crippen molar-refractivity contribution in [1.29, 1.82) is 0 Å². The molecule has 1 aromatic rings. The van der Waals surface area contributed by atoms with Gasteiger partial charge < -0.3 is 5.73 Å². The molecule has 1 heterocycles. The predicted octanol–water partition coefficient (Wildman–Crippen LogP) is 2.79. The van der Waals surface area contributed by atoms with Crippen LogP contribution < -0.4 is 5.73 Å². The Hall–Kier alpha value is -1.35. The number of hydrogen-bond acceptors (Lipinski definition) is 3. The lowest BCUT2D eigenvalue weighted by Crippen LogP contribution is -2.38. The van der Waals surface area contributed by atoms with Crippen LogP contribution in [0.15, 0.2) is 35.4 Å². The zero-order valence-electron chi connectivity index (χ0n) is 11.5. The fraction of sp³-hybridized carbons (Fsp3) is 0.533. The third kappa shape index (κ3) is 2.41. The Morgan fingerprint density at radius 2 is 2.00 bits per heavy atom. The lowest BCUT2D eigenvalue weighted by Gasteiger charge is -2.29. The van der Waals surface area contributed by atoms with Gasteiger partial charge in [0.25, 0.3) is 0 Å². The molecule has 0 saturated heterocycles. The normalized spacial score (nSPS) is 25.1. The first-order valence-electron chi connectivity index (χ1n) is 6.73. The van der Waals surface area contributed by atoms with Crippen LogP contribution in [-0.4, -0.2) is 23.8 Å². The van der Waals surface area contributed by atoms with E-state index < -0.39 is 0 Å². The van der Waals surface area contributed by atoms with Crippen molar-refractivity contribution >= 4 is 5.71 Å². The van der Waals surface area contributed by atoms with Gasteiger partial charge in [0, 0.05) is 24.7 Å². The van der Waals surface area contributed by atoms with Crippen LogP contribution in [0.5, 0.6) is 0 Å². The molecule has 2 rings (SSSR count). The number of rotatable bonds is 4. The van der Waals surface area contributed by atoms with E-state index in [9.17, 15) is 0 Å². The van der Waals surface area contributed by atoms with E-state index in [4.69, 9.17) is 5.73 Å². The maximum absolute atomic E-state index is 6.36. The van der Waals surface area contributed by atoms with Gasteiger partial charge in [-0.15, -0.1) is 0 Å². The Bertz CT molecular complexity index is 413. The Balaban J connectivity index is 2.27. The predicted molar refractivity (Wildman–Crippen MR) is 76.4 cm³/mol. The summed E-state index contributed by atoms with van der Waals surface area (Å²) in [6, 6.07) is 11.0. The minimum absolute atomic E-state index is 0.189. The molecule has 0 amide bonds. The van der Waals surface area contributed by atoms with Gasteiger partial charge in [-0.05, 0) is 18.9 Å². The summed E-state index contributed by atoms with van der Waals surface area (Å²) < 4.78 is 0. The van der Waals surface area contributed by atoms with E-state index in [1.807, 2.05) is 13.1 Å². The maximum Gasteiger partial charge on any atom is 0.0812 e. The van der Waals surface area contributed by atoms with Crippen molar-refractivity contribution in [3.8, 4) is 0 Å². The molecule has 1 aromatic carbocycles. The Morgan fingerprint density at radius 1 is 1.33 bits per heavy atom. The highest BCUT2D eigenvalue weighted by Gasteiger charge is 2.37. The molecule has 3 unspecified atom stereocenters. The molecule has 0 bridgehead atoms. The fourth-order valence-electron chi connectivity index (χ4n) is 2.97. The van der Waals surface area contributed by atoms with Crippen LogP contribution in [0.2, 0.25) is 0 Å². The van der Waals surface area contributed by atoms with Crippen LogP contribution in [0.3, 0.4) is 0 Å².